The van der Waals surface area contributed by atoms with Crippen molar-refractivity contribution in [3.63, 3.8) is 0 Å². The molecule has 2 N–H and O–H groups in total. The summed E-state index contributed by atoms with van der Waals surface area (Å²) in [7, 11) is 0. The minimum absolute atomic E-state index is 0.149. The molecule has 4 aliphatic rings. The number of carbonyl (C=O) groups excluding carboxylic acids is 4. The summed E-state index contributed by atoms with van der Waals surface area (Å²) in [6.45, 7) is 1.54. The highest BCUT2D eigenvalue weighted by Gasteiger charge is 2.56. The van der Waals surface area contributed by atoms with Gasteiger partial charge in [0.25, 0.3) is 0 Å². The lowest BCUT2D eigenvalue weighted by atomic mass is 9.60. The van der Waals surface area contributed by atoms with Crippen LogP contribution in [0.2, 0.25) is 0 Å². The molecule has 0 spiro atoms. The van der Waals surface area contributed by atoms with Crippen molar-refractivity contribution in [3.8, 4) is 5.75 Å². The van der Waals surface area contributed by atoms with Crippen molar-refractivity contribution in [3.05, 3.63) is 87.9 Å². The van der Waals surface area contributed by atoms with Crippen LogP contribution in [0.25, 0.3) is 0 Å². The normalized spacial score (nSPS) is 26.7. The minimum Gasteiger partial charge on any atom is -0.508 e. The van der Waals surface area contributed by atoms with Gasteiger partial charge in [-0.2, -0.15) is 0 Å². The number of furan rings is 1. The van der Waals surface area contributed by atoms with E-state index in [4.69, 9.17) is 4.42 Å². The number of aromatic hydroxyl groups is 1. The first-order valence-electron chi connectivity index (χ1n) is 12.8. The second-order valence-electron chi connectivity index (χ2n) is 10.4. The van der Waals surface area contributed by atoms with Crippen molar-refractivity contribution < 1.29 is 33.8 Å². The number of Topliss-reactive ketones (excluding diaryl/α,β-unsaturated/α-hetero) is 1. The lowest BCUT2D eigenvalue weighted by Crippen LogP contribution is -2.39. The molecule has 1 aromatic carbocycles. The topological polar surface area (TPSA) is 125 Å². The van der Waals surface area contributed by atoms with Crippen LogP contribution in [0.15, 0.2) is 75.3 Å². The van der Waals surface area contributed by atoms with Gasteiger partial charge in [0.05, 0.1) is 17.8 Å². The number of imide groups is 1. The van der Waals surface area contributed by atoms with E-state index in [2.05, 4.69) is 0 Å². The summed E-state index contributed by atoms with van der Waals surface area (Å²) in [5.41, 5.74) is 2.82. The molecule has 1 aromatic heterocycles. The molecule has 1 saturated heterocycles. The Labute approximate surface area is 218 Å². The second kappa shape index (κ2) is 9.06. The summed E-state index contributed by atoms with van der Waals surface area (Å²) >= 11 is 0. The van der Waals surface area contributed by atoms with Crippen molar-refractivity contribution in [2.45, 2.75) is 38.7 Å². The minimum atomic E-state index is -0.654. The van der Waals surface area contributed by atoms with E-state index in [0.717, 1.165) is 11.1 Å². The third kappa shape index (κ3) is 3.70. The van der Waals surface area contributed by atoms with Crippen LogP contribution in [0, 0.1) is 17.8 Å². The lowest BCUT2D eigenvalue weighted by molar-refractivity contribution is -0.140. The number of fused-ring (bicyclic) bond motifs is 3. The molecule has 194 valence electrons. The summed E-state index contributed by atoms with van der Waals surface area (Å²) in [6.07, 6.45) is 4.33. The number of hydrogen-bond acceptors (Lipinski definition) is 7. The Bertz CT molecular complexity index is 1470. The number of amides is 2. The van der Waals surface area contributed by atoms with Crippen molar-refractivity contribution >= 4 is 23.4 Å². The van der Waals surface area contributed by atoms with E-state index in [1.807, 2.05) is 6.08 Å². The zero-order valence-corrected chi connectivity index (χ0v) is 20.8. The molecular weight excluding hydrogens is 486 g/mol. The molecule has 38 heavy (non-hydrogen) atoms. The fraction of sp³-hybridized carbons (Fsp3) is 0.333. The molecule has 1 aliphatic heterocycles. The molecule has 0 radical (unpaired) electrons. The van der Waals surface area contributed by atoms with Gasteiger partial charge in [0.15, 0.2) is 11.6 Å². The number of nitrogens with zero attached hydrogens (tertiary/aromatic N) is 1. The zero-order chi connectivity index (χ0) is 26.7. The molecule has 2 aromatic rings. The Morgan fingerprint density at radius 2 is 1.76 bits per heavy atom. The van der Waals surface area contributed by atoms with E-state index in [-0.39, 0.29) is 48.7 Å². The molecule has 2 heterocycles. The Hall–Kier alpha value is -4.04. The van der Waals surface area contributed by atoms with Crippen LogP contribution >= 0.6 is 0 Å². The summed E-state index contributed by atoms with van der Waals surface area (Å²) in [5, 5.41) is 19.1. The van der Waals surface area contributed by atoms with Crippen LogP contribution in [-0.4, -0.2) is 45.0 Å². The van der Waals surface area contributed by atoms with Gasteiger partial charge in [-0.05, 0) is 68.0 Å². The van der Waals surface area contributed by atoms with Crippen LogP contribution in [0.1, 0.15) is 42.8 Å². The number of ketones is 2. The Kier molecular flexibility index (Phi) is 5.79. The van der Waals surface area contributed by atoms with Crippen molar-refractivity contribution in [1.29, 1.82) is 0 Å². The van der Waals surface area contributed by atoms with Crippen molar-refractivity contribution in [2.75, 3.05) is 6.54 Å². The molecule has 8 heteroatoms. The number of hydrogen-bond donors (Lipinski definition) is 2. The molecule has 4 unspecified atom stereocenters. The average Bonchev–Trinajstić information content (AvgIpc) is 3.48. The zero-order valence-electron chi connectivity index (χ0n) is 20.8. The standard InChI is InChI=1S/C30H27NO7/c1-15-12-23(34)22-13-21-19(26(27(22)28(15)35)24-9-6-18(14-32)38-24)7-8-20-25(21)30(37)31(29(20)36)11-10-16-2-4-17(33)5-3-16/h2-7,9,12,20-21,25-26,32-33H,8,10-11,13-14H2,1H3. The van der Waals surface area contributed by atoms with Crippen LogP contribution in [0.5, 0.6) is 5.75 Å². The Morgan fingerprint density at radius 1 is 1.00 bits per heavy atom. The van der Waals surface area contributed by atoms with Gasteiger partial charge in [-0.15, -0.1) is 0 Å². The molecule has 2 amide bonds. The van der Waals surface area contributed by atoms with E-state index in [1.54, 1.807) is 43.3 Å². The predicted octanol–water partition coefficient (Wildman–Crippen LogP) is 3.15. The number of likely N-dealkylation sites (tertiary alicyclic amines) is 1. The largest absolute Gasteiger partial charge is 0.508 e. The first-order valence-corrected chi connectivity index (χ1v) is 12.8. The predicted molar refractivity (Wildman–Crippen MR) is 134 cm³/mol. The van der Waals surface area contributed by atoms with E-state index < -0.39 is 23.7 Å². The van der Waals surface area contributed by atoms with Gasteiger partial charge in [0.1, 0.15) is 23.9 Å². The third-order valence-electron chi connectivity index (χ3n) is 8.34. The first kappa shape index (κ1) is 24.3. The number of phenolic OH excluding ortho intramolecular Hbond substituents is 1. The molecular formula is C30H27NO7. The van der Waals surface area contributed by atoms with Crippen LogP contribution in [0.4, 0.5) is 0 Å². The van der Waals surface area contributed by atoms with E-state index >= 15 is 0 Å². The van der Waals surface area contributed by atoms with Crippen LogP contribution in [0.3, 0.4) is 0 Å². The van der Waals surface area contributed by atoms with Gasteiger partial charge in [-0.3, -0.25) is 24.1 Å². The number of aliphatic hydroxyl groups is 1. The molecule has 8 nitrogen and oxygen atoms in total. The fourth-order valence-electron chi connectivity index (χ4n) is 6.51. The molecule has 3 aliphatic carbocycles. The Balaban J connectivity index is 1.36. The van der Waals surface area contributed by atoms with E-state index in [1.165, 1.54) is 11.0 Å². The highest BCUT2D eigenvalue weighted by Crippen LogP contribution is 2.55. The number of benzene rings is 1. The lowest BCUT2D eigenvalue weighted by Gasteiger charge is -2.41. The van der Waals surface area contributed by atoms with Gasteiger partial charge in [0.2, 0.25) is 11.8 Å². The summed E-state index contributed by atoms with van der Waals surface area (Å²) < 4.78 is 5.88. The Morgan fingerprint density at radius 3 is 2.47 bits per heavy atom. The quantitative estimate of drug-likeness (QED) is 0.357. The van der Waals surface area contributed by atoms with Crippen molar-refractivity contribution in [2.24, 2.45) is 17.8 Å². The SMILES string of the molecule is CC1=CC(=O)C2=C(C1=O)C(c1ccc(CO)o1)C1=CCC3C(=O)N(CCc4ccc(O)cc4)C(=O)C3C1C2. The summed E-state index contributed by atoms with van der Waals surface area (Å²) in [5.74, 6) is -2.23. The van der Waals surface area contributed by atoms with Crippen LogP contribution in [-0.2, 0) is 32.2 Å². The molecule has 0 bridgehead atoms. The smallest absolute Gasteiger partial charge is 0.233 e. The number of phenols is 1. The average molecular weight is 514 g/mol. The number of rotatable bonds is 5. The molecule has 0 saturated carbocycles. The highest BCUT2D eigenvalue weighted by atomic mass is 16.4. The van der Waals surface area contributed by atoms with Crippen molar-refractivity contribution in [1.82, 2.24) is 4.90 Å². The van der Waals surface area contributed by atoms with Gasteiger partial charge >= 0.3 is 0 Å². The number of carbonyl (C=O) groups is 4. The molecule has 1 fully saturated rings. The highest BCUT2D eigenvalue weighted by molar-refractivity contribution is 6.23. The monoisotopic (exact) mass is 513 g/mol. The third-order valence-corrected chi connectivity index (χ3v) is 8.34. The maximum atomic E-state index is 13.7. The summed E-state index contributed by atoms with van der Waals surface area (Å²) in [6, 6.07) is 10.0. The van der Waals surface area contributed by atoms with Gasteiger partial charge in [-0.25, -0.2) is 0 Å². The summed E-state index contributed by atoms with van der Waals surface area (Å²) in [4.78, 5) is 54.9. The van der Waals surface area contributed by atoms with Gasteiger partial charge < -0.3 is 14.6 Å². The second-order valence-corrected chi connectivity index (χ2v) is 10.4. The molecule has 4 atom stereocenters. The van der Waals surface area contributed by atoms with Gasteiger partial charge in [0, 0.05) is 23.3 Å². The number of aliphatic hydroxyl groups excluding tert-OH is 1. The van der Waals surface area contributed by atoms with Gasteiger partial charge in [-0.1, -0.05) is 23.8 Å². The number of allylic oxidation sites excluding steroid dienone is 6. The molecule has 6 rings (SSSR count). The maximum Gasteiger partial charge on any atom is 0.233 e. The van der Waals surface area contributed by atoms with E-state index in [9.17, 15) is 29.4 Å². The van der Waals surface area contributed by atoms with E-state index in [0.29, 0.717) is 41.1 Å². The first-order chi connectivity index (χ1) is 18.3. The van der Waals surface area contributed by atoms with Crippen LogP contribution < -0.4 is 0 Å². The fourth-order valence-corrected chi connectivity index (χ4v) is 6.51. The maximum absolute atomic E-state index is 13.7.